The maximum Gasteiger partial charge on any atom is 0.307 e. The highest BCUT2D eigenvalue weighted by Gasteiger charge is 2.48. The van der Waals surface area contributed by atoms with Crippen molar-refractivity contribution in [2.45, 2.75) is 51.5 Å². The second-order valence-corrected chi connectivity index (χ2v) is 5.48. The molecule has 0 bridgehead atoms. The molecule has 2 N–H and O–H groups in total. The molecule has 0 aromatic heterocycles. The number of rotatable bonds is 4. The van der Waals surface area contributed by atoms with Crippen molar-refractivity contribution in [3.05, 3.63) is 0 Å². The molecule has 3 unspecified atom stereocenters. The first-order valence-electron chi connectivity index (χ1n) is 6.62. The summed E-state index contributed by atoms with van der Waals surface area (Å²) in [5.41, 5.74) is 0. The Bertz CT molecular complexity index is 310. The summed E-state index contributed by atoms with van der Waals surface area (Å²) >= 11 is 0. The van der Waals surface area contributed by atoms with Crippen LogP contribution >= 0.6 is 0 Å². The van der Waals surface area contributed by atoms with Gasteiger partial charge in [-0.3, -0.25) is 9.59 Å². The van der Waals surface area contributed by atoms with Crippen LogP contribution in [-0.4, -0.2) is 23.0 Å². The number of carboxylic acid groups (broad SMARTS) is 1. The summed E-state index contributed by atoms with van der Waals surface area (Å²) in [6.07, 6.45) is 6.71. The van der Waals surface area contributed by atoms with E-state index in [0.29, 0.717) is 12.3 Å². The van der Waals surface area contributed by atoms with Crippen molar-refractivity contribution in [2.75, 3.05) is 0 Å². The maximum absolute atomic E-state index is 11.8. The lowest BCUT2D eigenvalue weighted by Gasteiger charge is -2.28. The number of hydrogen-bond acceptors (Lipinski definition) is 2. The van der Waals surface area contributed by atoms with Crippen molar-refractivity contribution >= 4 is 11.9 Å². The van der Waals surface area contributed by atoms with E-state index in [4.69, 9.17) is 5.11 Å². The van der Waals surface area contributed by atoms with Gasteiger partial charge in [0, 0.05) is 6.04 Å². The fourth-order valence-corrected chi connectivity index (χ4v) is 2.84. The molecule has 17 heavy (non-hydrogen) atoms. The molecule has 0 heterocycles. The lowest BCUT2D eigenvalue weighted by Crippen LogP contribution is -2.40. The Kier molecular flexibility index (Phi) is 3.69. The van der Waals surface area contributed by atoms with E-state index in [-0.39, 0.29) is 17.9 Å². The number of amides is 1. The van der Waals surface area contributed by atoms with Gasteiger partial charge in [-0.25, -0.2) is 0 Å². The fraction of sp³-hybridized carbons (Fsp3) is 0.846. The highest BCUT2D eigenvalue weighted by Crippen LogP contribution is 2.39. The van der Waals surface area contributed by atoms with Crippen LogP contribution in [0.5, 0.6) is 0 Å². The van der Waals surface area contributed by atoms with Gasteiger partial charge in [0.25, 0.3) is 0 Å². The van der Waals surface area contributed by atoms with Gasteiger partial charge in [-0.1, -0.05) is 19.3 Å². The molecule has 96 valence electrons. The third kappa shape index (κ3) is 2.99. The van der Waals surface area contributed by atoms with E-state index in [2.05, 4.69) is 5.32 Å². The van der Waals surface area contributed by atoms with Gasteiger partial charge < -0.3 is 10.4 Å². The molecule has 0 radical (unpaired) electrons. The molecule has 4 nitrogen and oxygen atoms in total. The molecule has 0 saturated heterocycles. The zero-order chi connectivity index (χ0) is 12.4. The summed E-state index contributed by atoms with van der Waals surface area (Å²) in [6, 6.07) is 0.192. The molecule has 2 aliphatic rings. The van der Waals surface area contributed by atoms with Gasteiger partial charge in [0.05, 0.1) is 11.8 Å². The summed E-state index contributed by atoms with van der Waals surface area (Å²) in [4.78, 5) is 22.5. The Morgan fingerprint density at radius 2 is 1.82 bits per heavy atom. The Labute approximate surface area is 102 Å². The van der Waals surface area contributed by atoms with Crippen LogP contribution in [0, 0.1) is 17.8 Å². The van der Waals surface area contributed by atoms with Gasteiger partial charge in [0.15, 0.2) is 0 Å². The zero-order valence-electron chi connectivity index (χ0n) is 10.3. The molecular formula is C13H21NO3. The molecule has 0 aliphatic heterocycles. The summed E-state index contributed by atoms with van der Waals surface area (Å²) in [7, 11) is 0. The van der Waals surface area contributed by atoms with Crippen molar-refractivity contribution in [3.8, 4) is 0 Å². The van der Waals surface area contributed by atoms with Crippen molar-refractivity contribution in [3.63, 3.8) is 0 Å². The minimum absolute atomic E-state index is 0.0597. The predicted octanol–water partition coefficient (Wildman–Crippen LogP) is 1.79. The smallest absolute Gasteiger partial charge is 0.307 e. The summed E-state index contributed by atoms with van der Waals surface area (Å²) in [5, 5.41) is 11.8. The number of carbonyl (C=O) groups is 2. The first-order valence-corrected chi connectivity index (χ1v) is 6.62. The SMILES string of the molecule is CC(NC(=O)C1CC1C(=O)O)C1CCCCC1. The minimum atomic E-state index is -0.838. The Balaban J connectivity index is 1.76. The average molecular weight is 239 g/mol. The Morgan fingerprint density at radius 1 is 1.18 bits per heavy atom. The molecule has 2 rings (SSSR count). The predicted molar refractivity (Wildman–Crippen MR) is 63.4 cm³/mol. The summed E-state index contributed by atoms with van der Waals surface area (Å²) in [6.45, 7) is 2.05. The van der Waals surface area contributed by atoms with Crippen LogP contribution in [0.25, 0.3) is 0 Å². The highest BCUT2D eigenvalue weighted by molar-refractivity contribution is 5.89. The average Bonchev–Trinajstić information content (AvgIpc) is 3.10. The second-order valence-electron chi connectivity index (χ2n) is 5.48. The maximum atomic E-state index is 11.8. The molecule has 2 fully saturated rings. The molecule has 0 spiro atoms. The van der Waals surface area contributed by atoms with Crippen LogP contribution in [0.15, 0.2) is 0 Å². The molecule has 2 saturated carbocycles. The fourth-order valence-electron chi connectivity index (χ4n) is 2.84. The first kappa shape index (κ1) is 12.4. The topological polar surface area (TPSA) is 66.4 Å². The largest absolute Gasteiger partial charge is 0.481 e. The van der Waals surface area contributed by atoms with E-state index >= 15 is 0 Å². The number of aliphatic carboxylic acids is 1. The number of carbonyl (C=O) groups excluding carboxylic acids is 1. The Morgan fingerprint density at radius 3 is 2.35 bits per heavy atom. The van der Waals surface area contributed by atoms with Gasteiger partial charge in [-0.2, -0.15) is 0 Å². The van der Waals surface area contributed by atoms with E-state index in [0.717, 1.165) is 0 Å². The van der Waals surface area contributed by atoms with E-state index in [9.17, 15) is 9.59 Å². The van der Waals surface area contributed by atoms with Crippen LogP contribution in [0.2, 0.25) is 0 Å². The quantitative estimate of drug-likeness (QED) is 0.786. The Hall–Kier alpha value is -1.06. The van der Waals surface area contributed by atoms with Crippen LogP contribution < -0.4 is 5.32 Å². The third-order valence-corrected chi connectivity index (χ3v) is 4.17. The van der Waals surface area contributed by atoms with Crippen molar-refractivity contribution in [1.29, 1.82) is 0 Å². The van der Waals surface area contributed by atoms with E-state index in [1.54, 1.807) is 0 Å². The van der Waals surface area contributed by atoms with Crippen molar-refractivity contribution < 1.29 is 14.7 Å². The minimum Gasteiger partial charge on any atom is -0.481 e. The van der Waals surface area contributed by atoms with Crippen LogP contribution in [0.4, 0.5) is 0 Å². The molecule has 1 amide bonds. The van der Waals surface area contributed by atoms with Gasteiger partial charge in [0.2, 0.25) is 5.91 Å². The van der Waals surface area contributed by atoms with Gasteiger partial charge >= 0.3 is 5.97 Å². The summed E-state index contributed by atoms with van der Waals surface area (Å²) in [5.74, 6) is -1.03. The van der Waals surface area contributed by atoms with Gasteiger partial charge in [0.1, 0.15) is 0 Å². The van der Waals surface area contributed by atoms with Gasteiger partial charge in [-0.15, -0.1) is 0 Å². The van der Waals surface area contributed by atoms with Crippen LogP contribution in [0.3, 0.4) is 0 Å². The summed E-state index contributed by atoms with van der Waals surface area (Å²) < 4.78 is 0. The zero-order valence-corrected chi connectivity index (χ0v) is 10.3. The van der Waals surface area contributed by atoms with Gasteiger partial charge in [-0.05, 0) is 32.1 Å². The molecular weight excluding hydrogens is 218 g/mol. The second kappa shape index (κ2) is 5.07. The normalized spacial score (nSPS) is 30.6. The molecule has 0 aromatic rings. The number of nitrogens with one attached hydrogen (secondary N) is 1. The third-order valence-electron chi connectivity index (χ3n) is 4.17. The lowest BCUT2D eigenvalue weighted by atomic mass is 9.84. The molecule has 0 aromatic carbocycles. The van der Waals surface area contributed by atoms with Crippen molar-refractivity contribution in [2.24, 2.45) is 17.8 Å². The number of carboxylic acids is 1. The molecule has 3 atom stereocenters. The van der Waals surface area contributed by atoms with E-state index in [1.807, 2.05) is 6.92 Å². The number of hydrogen-bond donors (Lipinski definition) is 2. The van der Waals surface area contributed by atoms with E-state index < -0.39 is 11.9 Å². The molecule has 4 heteroatoms. The monoisotopic (exact) mass is 239 g/mol. The van der Waals surface area contributed by atoms with Crippen LogP contribution in [0.1, 0.15) is 45.4 Å². The van der Waals surface area contributed by atoms with E-state index in [1.165, 1.54) is 32.1 Å². The highest BCUT2D eigenvalue weighted by atomic mass is 16.4. The first-order chi connectivity index (χ1) is 8.09. The standard InChI is InChI=1S/C13H21NO3/c1-8(9-5-3-2-4-6-9)14-12(15)10-7-11(10)13(16)17/h8-11H,2-7H2,1H3,(H,14,15)(H,16,17). The van der Waals surface area contributed by atoms with Crippen molar-refractivity contribution in [1.82, 2.24) is 5.32 Å². The van der Waals surface area contributed by atoms with Crippen LogP contribution in [-0.2, 0) is 9.59 Å². The molecule has 2 aliphatic carbocycles. The lowest BCUT2D eigenvalue weighted by molar-refractivity contribution is -0.140.